The van der Waals surface area contributed by atoms with Gasteiger partial charge in [-0.25, -0.2) is 4.39 Å². The summed E-state index contributed by atoms with van der Waals surface area (Å²) in [6, 6.07) is 22.3. The van der Waals surface area contributed by atoms with Crippen molar-refractivity contribution in [2.45, 2.75) is 63.7 Å². The molecule has 0 spiro atoms. The summed E-state index contributed by atoms with van der Waals surface area (Å²) in [5, 5.41) is 0. The van der Waals surface area contributed by atoms with Gasteiger partial charge in [-0.1, -0.05) is 74.5 Å². The molecule has 1 aliphatic rings. The monoisotopic (exact) mass is 501 g/mol. The standard InChI is InChI=1S/C31H36FN3O2/c1-21(2)22-14-16-24(17-15-22)28(23-11-7-6-8-12-23)34(5)29(36)26-19-25(32)20-35(26)30(37)31(3,4)27-13-9-10-18-33-27/h6-18,21,25-26,28H,19-20H2,1-5H3/t25-,26+,28+/m1/s1. The Balaban J connectivity index is 1.66. The fourth-order valence-electron chi connectivity index (χ4n) is 5.14. The molecular weight excluding hydrogens is 465 g/mol. The number of alkyl halides is 1. The van der Waals surface area contributed by atoms with E-state index in [1.54, 1.807) is 44.1 Å². The van der Waals surface area contributed by atoms with E-state index in [4.69, 9.17) is 0 Å². The maximum atomic E-state index is 14.8. The zero-order valence-electron chi connectivity index (χ0n) is 22.3. The maximum Gasteiger partial charge on any atom is 0.246 e. The molecular formula is C31H36FN3O2. The smallest absolute Gasteiger partial charge is 0.246 e. The predicted octanol–water partition coefficient (Wildman–Crippen LogP) is 5.67. The van der Waals surface area contributed by atoms with Gasteiger partial charge in [0, 0.05) is 19.7 Å². The van der Waals surface area contributed by atoms with E-state index >= 15 is 0 Å². The first-order chi connectivity index (χ1) is 17.6. The Morgan fingerprint density at radius 3 is 2.14 bits per heavy atom. The number of likely N-dealkylation sites (tertiary alicyclic amines) is 1. The summed E-state index contributed by atoms with van der Waals surface area (Å²) in [6.45, 7) is 7.74. The Morgan fingerprint density at radius 2 is 1.54 bits per heavy atom. The van der Waals surface area contributed by atoms with Crippen molar-refractivity contribution < 1.29 is 14.0 Å². The molecule has 0 N–H and O–H groups in total. The average Bonchev–Trinajstić information content (AvgIpc) is 3.30. The second-order valence-electron chi connectivity index (χ2n) is 10.7. The third kappa shape index (κ3) is 5.43. The highest BCUT2D eigenvalue weighted by Gasteiger charge is 2.47. The molecule has 1 saturated heterocycles. The summed E-state index contributed by atoms with van der Waals surface area (Å²) in [4.78, 5) is 35.1. The predicted molar refractivity (Wildman–Crippen MR) is 144 cm³/mol. The van der Waals surface area contributed by atoms with Crippen molar-refractivity contribution in [3.63, 3.8) is 0 Å². The van der Waals surface area contributed by atoms with Gasteiger partial charge in [0.05, 0.1) is 23.7 Å². The molecule has 1 aliphatic heterocycles. The normalized spacial score (nSPS) is 18.6. The number of benzene rings is 2. The van der Waals surface area contributed by atoms with Gasteiger partial charge >= 0.3 is 0 Å². The van der Waals surface area contributed by atoms with Gasteiger partial charge in [-0.2, -0.15) is 0 Å². The van der Waals surface area contributed by atoms with Gasteiger partial charge < -0.3 is 9.80 Å². The topological polar surface area (TPSA) is 53.5 Å². The summed E-state index contributed by atoms with van der Waals surface area (Å²) < 4.78 is 14.8. The zero-order valence-corrected chi connectivity index (χ0v) is 22.3. The molecule has 5 nitrogen and oxygen atoms in total. The molecule has 0 radical (unpaired) electrons. The number of likely N-dealkylation sites (N-methyl/N-ethyl adjacent to an activating group) is 1. The van der Waals surface area contributed by atoms with Crippen LogP contribution in [-0.2, 0) is 15.0 Å². The van der Waals surface area contributed by atoms with Crippen molar-refractivity contribution in [3.8, 4) is 0 Å². The van der Waals surface area contributed by atoms with Crippen LogP contribution in [0.3, 0.4) is 0 Å². The molecule has 3 atom stereocenters. The first-order valence-corrected chi connectivity index (χ1v) is 12.9. The van der Waals surface area contributed by atoms with E-state index < -0.39 is 17.6 Å². The van der Waals surface area contributed by atoms with Crippen molar-refractivity contribution in [3.05, 3.63) is 101 Å². The van der Waals surface area contributed by atoms with Gasteiger partial charge in [-0.3, -0.25) is 14.6 Å². The van der Waals surface area contributed by atoms with Crippen molar-refractivity contribution in [2.75, 3.05) is 13.6 Å². The quantitative estimate of drug-likeness (QED) is 0.419. The lowest BCUT2D eigenvalue weighted by Crippen LogP contribution is -2.52. The number of aromatic nitrogens is 1. The minimum atomic E-state index is -1.26. The van der Waals surface area contributed by atoms with Crippen LogP contribution < -0.4 is 0 Å². The van der Waals surface area contributed by atoms with Crippen molar-refractivity contribution >= 4 is 11.8 Å². The highest BCUT2D eigenvalue weighted by Crippen LogP contribution is 2.34. The number of nitrogens with zero attached hydrogens (tertiary/aromatic N) is 3. The molecule has 1 fully saturated rings. The third-order valence-corrected chi connectivity index (χ3v) is 7.40. The van der Waals surface area contributed by atoms with Crippen LogP contribution in [0.1, 0.15) is 68.5 Å². The van der Waals surface area contributed by atoms with E-state index in [0.29, 0.717) is 11.6 Å². The van der Waals surface area contributed by atoms with Gasteiger partial charge in [-0.15, -0.1) is 0 Å². The molecule has 3 aromatic rings. The molecule has 2 heterocycles. The molecule has 2 amide bonds. The largest absolute Gasteiger partial charge is 0.333 e. The van der Waals surface area contributed by atoms with E-state index in [-0.39, 0.29) is 30.8 Å². The van der Waals surface area contributed by atoms with E-state index in [0.717, 1.165) is 11.1 Å². The number of amides is 2. The molecule has 0 saturated carbocycles. The minimum absolute atomic E-state index is 0.0129. The molecule has 0 aliphatic carbocycles. The number of hydrogen-bond acceptors (Lipinski definition) is 3. The minimum Gasteiger partial charge on any atom is -0.333 e. The summed E-state index contributed by atoms with van der Waals surface area (Å²) >= 11 is 0. The van der Waals surface area contributed by atoms with Crippen LogP contribution in [0.4, 0.5) is 4.39 Å². The van der Waals surface area contributed by atoms with Crippen molar-refractivity contribution in [2.24, 2.45) is 0 Å². The van der Waals surface area contributed by atoms with Crippen LogP contribution in [0, 0.1) is 0 Å². The van der Waals surface area contributed by atoms with E-state index in [2.05, 4.69) is 43.1 Å². The van der Waals surface area contributed by atoms with E-state index in [1.165, 1.54) is 10.5 Å². The summed E-state index contributed by atoms with van der Waals surface area (Å²) in [7, 11) is 1.74. The lowest BCUT2D eigenvalue weighted by atomic mass is 9.86. The zero-order chi connectivity index (χ0) is 26.7. The Hall–Kier alpha value is -3.54. The SMILES string of the molecule is CC(C)c1ccc([C@H](c2ccccc2)N(C)C(=O)[C@@H]2C[C@@H](F)CN2C(=O)C(C)(C)c2ccccn2)cc1. The van der Waals surface area contributed by atoms with Gasteiger partial charge in [0.2, 0.25) is 11.8 Å². The molecule has 0 bridgehead atoms. The van der Waals surface area contributed by atoms with Gasteiger partial charge in [0.25, 0.3) is 0 Å². The van der Waals surface area contributed by atoms with Crippen LogP contribution in [0.15, 0.2) is 79.0 Å². The molecule has 1 aromatic heterocycles. The van der Waals surface area contributed by atoms with Gasteiger partial charge in [0.15, 0.2) is 0 Å². The Kier molecular flexibility index (Phi) is 7.76. The molecule has 37 heavy (non-hydrogen) atoms. The number of rotatable bonds is 7. The molecule has 6 heteroatoms. The Morgan fingerprint density at radius 1 is 0.946 bits per heavy atom. The Labute approximate surface area is 219 Å². The van der Waals surface area contributed by atoms with Gasteiger partial charge in [0.1, 0.15) is 12.2 Å². The van der Waals surface area contributed by atoms with Crippen LogP contribution in [-0.4, -0.2) is 52.4 Å². The number of carbonyl (C=O) groups excluding carboxylic acids is 2. The van der Waals surface area contributed by atoms with Crippen molar-refractivity contribution in [1.29, 1.82) is 0 Å². The van der Waals surface area contributed by atoms with E-state index in [1.807, 2.05) is 36.4 Å². The second-order valence-corrected chi connectivity index (χ2v) is 10.7. The summed E-state index contributed by atoms with van der Waals surface area (Å²) in [5.74, 6) is -0.173. The number of pyridine rings is 1. The average molecular weight is 502 g/mol. The second kappa shape index (κ2) is 10.8. The summed E-state index contributed by atoms with van der Waals surface area (Å²) in [6.07, 6.45) is 0.366. The van der Waals surface area contributed by atoms with Crippen molar-refractivity contribution in [1.82, 2.24) is 14.8 Å². The Bertz CT molecular complexity index is 1210. The number of carbonyl (C=O) groups is 2. The molecule has 2 aromatic carbocycles. The van der Waals surface area contributed by atoms with Gasteiger partial charge in [-0.05, 0) is 48.6 Å². The van der Waals surface area contributed by atoms with Crippen LogP contribution in [0.5, 0.6) is 0 Å². The van der Waals surface area contributed by atoms with Crippen LogP contribution >= 0.6 is 0 Å². The number of halogens is 1. The molecule has 0 unspecified atom stereocenters. The third-order valence-electron chi connectivity index (χ3n) is 7.40. The molecule has 4 rings (SSSR count). The van der Waals surface area contributed by atoms with Crippen LogP contribution in [0.2, 0.25) is 0 Å². The number of hydrogen-bond donors (Lipinski definition) is 0. The lowest BCUT2D eigenvalue weighted by molar-refractivity contribution is -0.146. The van der Waals surface area contributed by atoms with E-state index in [9.17, 15) is 14.0 Å². The summed E-state index contributed by atoms with van der Waals surface area (Å²) in [5.41, 5.74) is 2.74. The fraction of sp³-hybridized carbons (Fsp3) is 0.387. The first kappa shape index (κ1) is 26.5. The maximum absolute atomic E-state index is 14.8. The lowest BCUT2D eigenvalue weighted by Gasteiger charge is -2.36. The highest BCUT2D eigenvalue weighted by molar-refractivity contribution is 5.93. The first-order valence-electron chi connectivity index (χ1n) is 12.9. The fourth-order valence-corrected chi connectivity index (χ4v) is 5.14. The highest BCUT2D eigenvalue weighted by atomic mass is 19.1. The molecule has 194 valence electrons. The van der Waals surface area contributed by atoms with Crippen LogP contribution in [0.25, 0.3) is 0 Å².